The lowest BCUT2D eigenvalue weighted by Crippen LogP contribution is -2.08. The number of rotatable bonds is 12. The van der Waals surface area contributed by atoms with E-state index >= 15 is 0 Å². The Kier molecular flexibility index (Phi) is 9.88. The van der Waals surface area contributed by atoms with Crippen molar-refractivity contribution in [2.24, 2.45) is 0 Å². The van der Waals surface area contributed by atoms with Crippen LogP contribution >= 0.6 is 0 Å². The highest BCUT2D eigenvalue weighted by molar-refractivity contribution is 5.33. The molecule has 0 saturated heterocycles. The Morgan fingerprint density at radius 1 is 1.00 bits per heavy atom. The summed E-state index contributed by atoms with van der Waals surface area (Å²) in [6.45, 7) is 3.59. The van der Waals surface area contributed by atoms with E-state index in [-0.39, 0.29) is 5.82 Å². The fraction of sp³-hybridized carbons (Fsp3) is 0.667. The Bertz CT molecular complexity index is 381. The largest absolute Gasteiger partial charge is 0.493 e. The molecule has 0 aliphatic carbocycles. The van der Waals surface area contributed by atoms with E-state index in [2.05, 4.69) is 12.2 Å². The predicted molar refractivity (Wildman–Crippen MR) is 87.3 cm³/mol. The van der Waals surface area contributed by atoms with Crippen LogP contribution in [0.15, 0.2) is 18.2 Å². The van der Waals surface area contributed by atoms with Crippen LogP contribution in [0.5, 0.6) is 5.75 Å². The molecule has 1 rings (SSSR count). The van der Waals surface area contributed by atoms with Crippen molar-refractivity contribution >= 4 is 0 Å². The molecule has 3 heteroatoms. The van der Waals surface area contributed by atoms with Crippen molar-refractivity contribution < 1.29 is 9.13 Å². The van der Waals surface area contributed by atoms with Gasteiger partial charge in [-0.15, -0.1) is 0 Å². The molecule has 0 spiro atoms. The smallest absolute Gasteiger partial charge is 0.123 e. The molecule has 120 valence electrons. The average molecular weight is 295 g/mol. The molecule has 0 amide bonds. The molecule has 0 bridgehead atoms. The number of unbranched alkanes of at least 4 members (excludes halogenated alkanes) is 7. The maximum Gasteiger partial charge on any atom is 0.123 e. The third-order valence-corrected chi connectivity index (χ3v) is 3.65. The van der Waals surface area contributed by atoms with Crippen LogP contribution in [-0.4, -0.2) is 13.7 Å². The van der Waals surface area contributed by atoms with E-state index in [1.165, 1.54) is 51.0 Å². The minimum atomic E-state index is -0.209. The summed E-state index contributed by atoms with van der Waals surface area (Å²) < 4.78 is 19.0. The van der Waals surface area contributed by atoms with Gasteiger partial charge in [-0.05, 0) is 31.7 Å². The third-order valence-electron chi connectivity index (χ3n) is 3.65. The quantitative estimate of drug-likeness (QED) is 0.544. The van der Waals surface area contributed by atoms with Crippen molar-refractivity contribution in [3.63, 3.8) is 0 Å². The first-order valence-electron chi connectivity index (χ1n) is 8.33. The van der Waals surface area contributed by atoms with Crippen LogP contribution in [0.25, 0.3) is 0 Å². The third kappa shape index (κ3) is 8.05. The van der Waals surface area contributed by atoms with Crippen LogP contribution in [0.1, 0.15) is 63.9 Å². The average Bonchev–Trinajstić information content (AvgIpc) is 2.48. The van der Waals surface area contributed by atoms with Crippen LogP contribution in [0.2, 0.25) is 0 Å². The topological polar surface area (TPSA) is 21.3 Å². The van der Waals surface area contributed by atoms with E-state index in [9.17, 15) is 4.39 Å². The van der Waals surface area contributed by atoms with Gasteiger partial charge in [-0.2, -0.15) is 0 Å². The van der Waals surface area contributed by atoms with E-state index < -0.39 is 0 Å². The summed E-state index contributed by atoms with van der Waals surface area (Å²) in [7, 11) is 1.85. The van der Waals surface area contributed by atoms with Crippen molar-refractivity contribution in [3.8, 4) is 5.75 Å². The van der Waals surface area contributed by atoms with Crippen molar-refractivity contribution in [2.45, 2.75) is 64.8 Å². The van der Waals surface area contributed by atoms with Gasteiger partial charge in [0.1, 0.15) is 11.6 Å². The van der Waals surface area contributed by atoms with Gasteiger partial charge in [0.2, 0.25) is 0 Å². The molecule has 0 aliphatic heterocycles. The fourth-order valence-electron chi connectivity index (χ4n) is 2.44. The molecule has 0 aromatic heterocycles. The minimum absolute atomic E-state index is 0.209. The predicted octanol–water partition coefficient (Wildman–Crippen LogP) is 5.06. The summed E-state index contributed by atoms with van der Waals surface area (Å²) >= 11 is 0. The van der Waals surface area contributed by atoms with Crippen LogP contribution in [-0.2, 0) is 6.54 Å². The van der Waals surface area contributed by atoms with Crippen LogP contribution in [0.4, 0.5) is 4.39 Å². The van der Waals surface area contributed by atoms with Gasteiger partial charge in [0, 0.05) is 12.1 Å². The van der Waals surface area contributed by atoms with Crippen LogP contribution < -0.4 is 10.1 Å². The lowest BCUT2D eigenvalue weighted by atomic mass is 10.1. The van der Waals surface area contributed by atoms with Gasteiger partial charge in [0.25, 0.3) is 0 Å². The summed E-state index contributed by atoms with van der Waals surface area (Å²) in [6.07, 6.45) is 10.3. The molecule has 0 aliphatic rings. The Balaban J connectivity index is 2.15. The number of ether oxygens (including phenoxy) is 1. The summed E-state index contributed by atoms with van der Waals surface area (Å²) in [5, 5.41) is 3.04. The van der Waals surface area contributed by atoms with Crippen LogP contribution in [0.3, 0.4) is 0 Å². The molecule has 21 heavy (non-hydrogen) atoms. The highest BCUT2D eigenvalue weighted by Crippen LogP contribution is 2.20. The van der Waals surface area contributed by atoms with E-state index in [0.29, 0.717) is 6.54 Å². The first-order chi connectivity index (χ1) is 10.3. The maximum atomic E-state index is 13.2. The molecule has 0 saturated carbocycles. The fourth-order valence-corrected chi connectivity index (χ4v) is 2.44. The normalized spacial score (nSPS) is 10.8. The monoisotopic (exact) mass is 295 g/mol. The van der Waals surface area contributed by atoms with Crippen molar-refractivity contribution in [1.29, 1.82) is 0 Å². The van der Waals surface area contributed by atoms with Gasteiger partial charge >= 0.3 is 0 Å². The summed E-state index contributed by atoms with van der Waals surface area (Å²) in [5.41, 5.74) is 0.886. The molecule has 2 nitrogen and oxygen atoms in total. The van der Waals surface area contributed by atoms with Crippen LogP contribution in [0, 0.1) is 5.82 Å². The molecule has 1 aromatic carbocycles. The molecule has 0 unspecified atom stereocenters. The number of halogens is 1. The standard InChI is InChI=1S/C18H30FNO/c1-3-4-5-6-7-8-9-10-13-21-18-12-11-17(19)14-16(18)15-20-2/h11-12,14,20H,3-10,13,15H2,1-2H3. The highest BCUT2D eigenvalue weighted by Gasteiger charge is 2.04. The number of benzene rings is 1. The number of nitrogens with one attached hydrogen (secondary N) is 1. The lowest BCUT2D eigenvalue weighted by molar-refractivity contribution is 0.300. The van der Waals surface area contributed by atoms with Crippen molar-refractivity contribution in [3.05, 3.63) is 29.6 Å². The zero-order chi connectivity index (χ0) is 15.3. The summed E-state index contributed by atoms with van der Waals surface area (Å²) in [5.74, 6) is 0.591. The molecule has 1 N–H and O–H groups in total. The van der Waals surface area contributed by atoms with Crippen molar-refractivity contribution in [1.82, 2.24) is 5.32 Å². The second kappa shape index (κ2) is 11.6. The first kappa shape index (κ1) is 18.0. The van der Waals surface area contributed by atoms with E-state index in [0.717, 1.165) is 24.3 Å². The van der Waals surface area contributed by atoms with Gasteiger partial charge in [-0.3, -0.25) is 0 Å². The van der Waals surface area contributed by atoms with Gasteiger partial charge in [-0.1, -0.05) is 51.9 Å². The van der Waals surface area contributed by atoms with Gasteiger partial charge < -0.3 is 10.1 Å². The number of hydrogen-bond donors (Lipinski definition) is 1. The van der Waals surface area contributed by atoms with E-state index in [1.54, 1.807) is 12.1 Å². The van der Waals surface area contributed by atoms with Gasteiger partial charge in [-0.25, -0.2) is 4.39 Å². The summed E-state index contributed by atoms with van der Waals surface area (Å²) in [4.78, 5) is 0. The Hall–Kier alpha value is -1.09. The summed E-state index contributed by atoms with van der Waals surface area (Å²) in [6, 6.07) is 4.73. The first-order valence-corrected chi connectivity index (χ1v) is 8.33. The zero-order valence-electron chi connectivity index (χ0n) is 13.6. The Morgan fingerprint density at radius 2 is 1.67 bits per heavy atom. The molecule has 0 atom stereocenters. The van der Waals surface area contributed by atoms with E-state index in [1.807, 2.05) is 7.05 Å². The lowest BCUT2D eigenvalue weighted by Gasteiger charge is -2.11. The molecular weight excluding hydrogens is 265 g/mol. The van der Waals surface area contributed by atoms with Crippen molar-refractivity contribution in [2.75, 3.05) is 13.7 Å². The molecule has 0 fully saturated rings. The second-order valence-corrected chi connectivity index (χ2v) is 5.61. The Morgan fingerprint density at radius 3 is 2.33 bits per heavy atom. The maximum absolute atomic E-state index is 13.2. The van der Waals surface area contributed by atoms with Gasteiger partial charge in [0.15, 0.2) is 0 Å². The Labute approximate surface area is 129 Å². The highest BCUT2D eigenvalue weighted by atomic mass is 19.1. The molecule has 0 radical (unpaired) electrons. The second-order valence-electron chi connectivity index (χ2n) is 5.61. The molecule has 0 heterocycles. The van der Waals surface area contributed by atoms with E-state index in [4.69, 9.17) is 4.74 Å². The zero-order valence-corrected chi connectivity index (χ0v) is 13.6. The molecular formula is C18H30FNO. The van der Waals surface area contributed by atoms with Gasteiger partial charge in [0.05, 0.1) is 6.61 Å². The number of hydrogen-bond acceptors (Lipinski definition) is 2. The molecule has 1 aromatic rings. The SMILES string of the molecule is CCCCCCCCCCOc1ccc(F)cc1CNC. The minimum Gasteiger partial charge on any atom is -0.493 e.